The first kappa shape index (κ1) is 14.8. The number of anilines is 2. The molecule has 0 aromatic heterocycles. The highest BCUT2D eigenvalue weighted by Crippen LogP contribution is 2.19. The van der Waals surface area contributed by atoms with Crippen LogP contribution < -0.4 is 15.8 Å². The van der Waals surface area contributed by atoms with Crippen molar-refractivity contribution in [3.8, 4) is 5.75 Å². The molecule has 2 aromatic rings. The first-order chi connectivity index (χ1) is 9.95. The van der Waals surface area contributed by atoms with Crippen molar-refractivity contribution in [3.63, 3.8) is 0 Å². The number of benzene rings is 2. The molecule has 0 fully saturated rings. The summed E-state index contributed by atoms with van der Waals surface area (Å²) in [4.78, 5) is 11.8. The highest BCUT2D eigenvalue weighted by molar-refractivity contribution is 5.94. The van der Waals surface area contributed by atoms with Gasteiger partial charge < -0.3 is 15.8 Å². The summed E-state index contributed by atoms with van der Waals surface area (Å²) in [6, 6.07) is 9.38. The number of nitrogen functional groups attached to an aromatic ring is 1. The Morgan fingerprint density at radius 1 is 1.19 bits per heavy atom. The van der Waals surface area contributed by atoms with E-state index in [1.807, 2.05) is 26.0 Å². The van der Waals surface area contributed by atoms with E-state index in [1.165, 1.54) is 18.2 Å². The lowest BCUT2D eigenvalue weighted by Gasteiger charge is -2.10. The third-order valence-electron chi connectivity index (χ3n) is 3.14. The summed E-state index contributed by atoms with van der Waals surface area (Å²) in [7, 11) is 0. The molecule has 3 N–H and O–H groups in total. The van der Waals surface area contributed by atoms with Gasteiger partial charge in [0.2, 0.25) is 0 Å². The summed E-state index contributed by atoms with van der Waals surface area (Å²) in [5.41, 5.74) is 8.44. The minimum Gasteiger partial charge on any atom is -0.484 e. The summed E-state index contributed by atoms with van der Waals surface area (Å²) in [5.74, 6) is -0.249. The van der Waals surface area contributed by atoms with Crippen LogP contribution in [0.15, 0.2) is 36.4 Å². The Morgan fingerprint density at radius 3 is 2.67 bits per heavy atom. The standard InChI is InChI=1S/C16H17FN2O2/c1-10-3-5-13(7-11(10)2)21-9-16(20)19-15-8-12(17)4-6-14(15)18/h3-8H,9,18H2,1-2H3,(H,19,20). The van der Waals surface area contributed by atoms with Gasteiger partial charge in [0, 0.05) is 0 Å². The number of ether oxygens (including phenoxy) is 1. The van der Waals surface area contributed by atoms with Crippen LogP contribution >= 0.6 is 0 Å². The van der Waals surface area contributed by atoms with Crippen LogP contribution in [0.1, 0.15) is 11.1 Å². The van der Waals surface area contributed by atoms with Gasteiger partial charge in [-0.1, -0.05) is 6.07 Å². The Bertz CT molecular complexity index is 671. The van der Waals surface area contributed by atoms with Crippen molar-refractivity contribution in [2.24, 2.45) is 0 Å². The fourth-order valence-electron chi connectivity index (χ4n) is 1.78. The maximum Gasteiger partial charge on any atom is 0.262 e. The summed E-state index contributed by atoms with van der Waals surface area (Å²) in [6.45, 7) is 3.80. The Kier molecular flexibility index (Phi) is 4.42. The SMILES string of the molecule is Cc1ccc(OCC(=O)Nc2cc(F)ccc2N)cc1C. The smallest absolute Gasteiger partial charge is 0.262 e. The zero-order valence-corrected chi connectivity index (χ0v) is 11.9. The average molecular weight is 288 g/mol. The number of carbonyl (C=O) groups is 1. The molecule has 5 heteroatoms. The van der Waals surface area contributed by atoms with Gasteiger partial charge in [-0.15, -0.1) is 0 Å². The summed E-state index contributed by atoms with van der Waals surface area (Å²) in [6.07, 6.45) is 0. The molecule has 0 radical (unpaired) electrons. The van der Waals surface area contributed by atoms with Crippen molar-refractivity contribution in [2.75, 3.05) is 17.7 Å². The van der Waals surface area contributed by atoms with E-state index >= 15 is 0 Å². The maximum atomic E-state index is 13.1. The van der Waals surface area contributed by atoms with Crippen LogP contribution in [-0.4, -0.2) is 12.5 Å². The lowest BCUT2D eigenvalue weighted by molar-refractivity contribution is -0.118. The van der Waals surface area contributed by atoms with Crippen molar-refractivity contribution in [3.05, 3.63) is 53.3 Å². The first-order valence-corrected chi connectivity index (χ1v) is 6.50. The normalized spacial score (nSPS) is 10.2. The third kappa shape index (κ3) is 3.95. The molecule has 0 saturated carbocycles. The number of aryl methyl sites for hydroxylation is 2. The zero-order valence-electron chi connectivity index (χ0n) is 11.9. The lowest BCUT2D eigenvalue weighted by Crippen LogP contribution is -2.21. The molecular weight excluding hydrogens is 271 g/mol. The average Bonchev–Trinajstić information content (AvgIpc) is 2.44. The van der Waals surface area contributed by atoms with E-state index < -0.39 is 11.7 Å². The number of carbonyl (C=O) groups excluding carboxylic acids is 1. The number of hydrogen-bond donors (Lipinski definition) is 2. The van der Waals surface area contributed by atoms with Crippen LogP contribution in [0.25, 0.3) is 0 Å². The number of amides is 1. The largest absolute Gasteiger partial charge is 0.484 e. The number of nitrogens with one attached hydrogen (secondary N) is 1. The molecule has 0 bridgehead atoms. The molecule has 0 unspecified atom stereocenters. The van der Waals surface area contributed by atoms with Gasteiger partial charge in [-0.25, -0.2) is 4.39 Å². The molecular formula is C16H17FN2O2. The third-order valence-corrected chi connectivity index (χ3v) is 3.14. The molecule has 2 rings (SSSR count). The van der Waals surface area contributed by atoms with Crippen molar-refractivity contribution in [1.82, 2.24) is 0 Å². The quantitative estimate of drug-likeness (QED) is 0.850. The van der Waals surface area contributed by atoms with Gasteiger partial charge in [0.25, 0.3) is 5.91 Å². The van der Waals surface area contributed by atoms with Crippen LogP contribution in [0.4, 0.5) is 15.8 Å². The molecule has 0 aliphatic carbocycles. The van der Waals surface area contributed by atoms with Gasteiger partial charge in [0.1, 0.15) is 11.6 Å². The predicted octanol–water partition coefficient (Wildman–Crippen LogP) is 3.04. The molecule has 0 heterocycles. The Morgan fingerprint density at radius 2 is 1.95 bits per heavy atom. The first-order valence-electron chi connectivity index (χ1n) is 6.50. The van der Waals surface area contributed by atoms with Crippen molar-refractivity contribution < 1.29 is 13.9 Å². The van der Waals surface area contributed by atoms with Crippen LogP contribution in [0.3, 0.4) is 0 Å². The van der Waals surface area contributed by atoms with Crippen LogP contribution in [-0.2, 0) is 4.79 Å². The summed E-state index contributed by atoms with van der Waals surface area (Å²) < 4.78 is 18.5. The highest BCUT2D eigenvalue weighted by atomic mass is 19.1. The van der Waals surface area contributed by atoms with E-state index in [0.717, 1.165) is 11.1 Å². The van der Waals surface area contributed by atoms with Crippen LogP contribution in [0.5, 0.6) is 5.75 Å². The maximum absolute atomic E-state index is 13.1. The zero-order chi connectivity index (χ0) is 15.4. The number of hydrogen-bond acceptors (Lipinski definition) is 3. The molecule has 2 aromatic carbocycles. The molecule has 0 saturated heterocycles. The molecule has 0 aliphatic heterocycles. The van der Waals surface area contributed by atoms with E-state index in [1.54, 1.807) is 6.07 Å². The van der Waals surface area contributed by atoms with E-state index in [4.69, 9.17) is 10.5 Å². The van der Waals surface area contributed by atoms with Crippen molar-refractivity contribution >= 4 is 17.3 Å². The Hall–Kier alpha value is -2.56. The Balaban J connectivity index is 1.95. The van der Waals surface area contributed by atoms with E-state index in [0.29, 0.717) is 11.4 Å². The van der Waals surface area contributed by atoms with Gasteiger partial charge >= 0.3 is 0 Å². The van der Waals surface area contributed by atoms with Crippen LogP contribution in [0, 0.1) is 19.7 Å². The molecule has 0 atom stereocenters. The van der Waals surface area contributed by atoms with Gasteiger partial charge in [-0.05, 0) is 55.3 Å². The minimum atomic E-state index is -0.463. The molecule has 0 spiro atoms. The monoisotopic (exact) mass is 288 g/mol. The molecule has 110 valence electrons. The number of rotatable bonds is 4. The fraction of sp³-hybridized carbons (Fsp3) is 0.188. The van der Waals surface area contributed by atoms with Crippen molar-refractivity contribution in [2.45, 2.75) is 13.8 Å². The lowest BCUT2D eigenvalue weighted by atomic mass is 10.1. The fourth-order valence-corrected chi connectivity index (χ4v) is 1.78. The van der Waals surface area contributed by atoms with E-state index in [-0.39, 0.29) is 12.3 Å². The molecule has 4 nitrogen and oxygen atoms in total. The molecule has 1 amide bonds. The van der Waals surface area contributed by atoms with Crippen LogP contribution in [0.2, 0.25) is 0 Å². The second kappa shape index (κ2) is 6.26. The Labute approximate surface area is 122 Å². The second-order valence-electron chi connectivity index (χ2n) is 4.81. The highest BCUT2D eigenvalue weighted by Gasteiger charge is 2.07. The van der Waals surface area contributed by atoms with Gasteiger partial charge in [0.15, 0.2) is 6.61 Å². The summed E-state index contributed by atoms with van der Waals surface area (Å²) >= 11 is 0. The van der Waals surface area contributed by atoms with Gasteiger partial charge in [-0.2, -0.15) is 0 Å². The predicted molar refractivity (Wildman–Crippen MR) is 80.9 cm³/mol. The van der Waals surface area contributed by atoms with Crippen molar-refractivity contribution in [1.29, 1.82) is 0 Å². The van der Waals surface area contributed by atoms with E-state index in [9.17, 15) is 9.18 Å². The minimum absolute atomic E-state index is 0.168. The second-order valence-corrected chi connectivity index (χ2v) is 4.81. The number of nitrogens with two attached hydrogens (primary N) is 1. The topological polar surface area (TPSA) is 64.3 Å². The van der Waals surface area contributed by atoms with E-state index in [2.05, 4.69) is 5.32 Å². The number of halogens is 1. The van der Waals surface area contributed by atoms with Gasteiger partial charge in [-0.3, -0.25) is 4.79 Å². The molecule has 0 aliphatic rings. The summed E-state index contributed by atoms with van der Waals surface area (Å²) in [5, 5.41) is 2.52. The van der Waals surface area contributed by atoms with Gasteiger partial charge in [0.05, 0.1) is 11.4 Å². The molecule has 21 heavy (non-hydrogen) atoms.